The number of urea groups is 1. The molecule has 1 heterocycles. The maximum Gasteiger partial charge on any atom is 0.319 e. The van der Waals surface area contributed by atoms with Crippen molar-refractivity contribution < 1.29 is 14.0 Å². The van der Waals surface area contributed by atoms with E-state index >= 15 is 0 Å². The molecule has 0 radical (unpaired) electrons. The Balaban J connectivity index is 1.52. The van der Waals surface area contributed by atoms with E-state index in [0.717, 1.165) is 17.5 Å². The molecule has 0 spiro atoms. The fourth-order valence-corrected chi connectivity index (χ4v) is 3.89. The van der Waals surface area contributed by atoms with E-state index < -0.39 is 11.8 Å². The van der Waals surface area contributed by atoms with Crippen molar-refractivity contribution in [2.45, 2.75) is 52.1 Å². The van der Waals surface area contributed by atoms with Crippen LogP contribution in [-0.2, 0) is 17.9 Å². The summed E-state index contributed by atoms with van der Waals surface area (Å²) in [6, 6.07) is 12.8. The molecule has 0 bridgehead atoms. The summed E-state index contributed by atoms with van der Waals surface area (Å²) in [6.45, 7) is 6.83. The van der Waals surface area contributed by atoms with Crippen LogP contribution in [0.2, 0.25) is 0 Å². The topological polar surface area (TPSA) is 99.5 Å². The van der Waals surface area contributed by atoms with Crippen molar-refractivity contribution in [2.75, 3.05) is 5.32 Å². The zero-order chi connectivity index (χ0) is 22.6. The molecule has 2 atom stereocenters. The fourth-order valence-electron chi connectivity index (χ4n) is 3.89. The van der Waals surface area contributed by atoms with Crippen molar-refractivity contribution >= 4 is 17.6 Å². The van der Waals surface area contributed by atoms with Crippen LogP contribution in [0.25, 0.3) is 0 Å². The predicted molar refractivity (Wildman–Crippen MR) is 118 cm³/mol. The van der Waals surface area contributed by atoms with Crippen LogP contribution in [0.15, 0.2) is 48.5 Å². The number of carbonyl (C=O) groups excluding carboxylic acids is 2. The van der Waals surface area contributed by atoms with Gasteiger partial charge in [-0.1, -0.05) is 38.1 Å². The van der Waals surface area contributed by atoms with Crippen molar-refractivity contribution in [2.24, 2.45) is 11.7 Å². The number of hydrogen-bond acceptors (Lipinski definition) is 4. The van der Waals surface area contributed by atoms with Gasteiger partial charge >= 0.3 is 6.03 Å². The Morgan fingerprint density at radius 2 is 1.77 bits per heavy atom. The second-order valence-electron chi connectivity index (χ2n) is 8.58. The van der Waals surface area contributed by atoms with E-state index in [1.54, 1.807) is 4.90 Å². The van der Waals surface area contributed by atoms with Crippen molar-refractivity contribution in [3.8, 4) is 0 Å². The predicted octanol–water partition coefficient (Wildman–Crippen LogP) is 3.13. The van der Waals surface area contributed by atoms with Gasteiger partial charge in [-0.2, -0.15) is 0 Å². The van der Waals surface area contributed by atoms with Gasteiger partial charge in [0.1, 0.15) is 12.1 Å². The molecule has 5 N–H and O–H groups in total. The van der Waals surface area contributed by atoms with E-state index in [1.165, 1.54) is 24.3 Å². The van der Waals surface area contributed by atoms with E-state index in [2.05, 4.69) is 29.8 Å². The Labute approximate surface area is 182 Å². The van der Waals surface area contributed by atoms with Crippen LogP contribution in [0.1, 0.15) is 38.3 Å². The second kappa shape index (κ2) is 9.45. The Kier molecular flexibility index (Phi) is 6.92. The first-order chi connectivity index (χ1) is 14.7. The molecule has 2 aromatic rings. The standard InChI is InChI=1S/C23H30FN5O2/c1-15(2)12-23(3)20(30)29(21(25)28-23)14-17-6-4-16(5-7-17)13-26-22(31)27-19-10-8-18(24)9-11-19/h4-11,15,21,28H,12-14,25H2,1-3H3,(H2,26,27,31). The zero-order valence-corrected chi connectivity index (χ0v) is 18.1. The van der Waals surface area contributed by atoms with Gasteiger partial charge in [-0.25, -0.2) is 9.18 Å². The first kappa shape index (κ1) is 22.7. The molecule has 166 valence electrons. The van der Waals surface area contributed by atoms with E-state index in [1.807, 2.05) is 31.2 Å². The summed E-state index contributed by atoms with van der Waals surface area (Å²) in [5.41, 5.74) is 7.91. The highest BCUT2D eigenvalue weighted by Gasteiger charge is 2.46. The fraction of sp³-hybridized carbons (Fsp3) is 0.391. The number of benzene rings is 2. The number of carbonyl (C=O) groups is 2. The molecule has 7 nitrogen and oxygen atoms in total. The van der Waals surface area contributed by atoms with Crippen molar-refractivity contribution in [3.05, 3.63) is 65.5 Å². The van der Waals surface area contributed by atoms with Gasteiger partial charge in [0, 0.05) is 18.8 Å². The summed E-state index contributed by atoms with van der Waals surface area (Å²) in [7, 11) is 0. The first-order valence-corrected chi connectivity index (χ1v) is 10.4. The monoisotopic (exact) mass is 427 g/mol. The molecule has 1 saturated heterocycles. The Morgan fingerprint density at radius 3 is 2.39 bits per heavy atom. The summed E-state index contributed by atoms with van der Waals surface area (Å²) in [5, 5.41) is 8.64. The highest BCUT2D eigenvalue weighted by Crippen LogP contribution is 2.26. The molecule has 0 aliphatic carbocycles. The highest BCUT2D eigenvalue weighted by molar-refractivity contribution is 5.89. The van der Waals surface area contributed by atoms with Crippen LogP contribution in [0.3, 0.4) is 0 Å². The van der Waals surface area contributed by atoms with Crippen LogP contribution in [-0.4, -0.2) is 28.7 Å². The molecule has 2 unspecified atom stereocenters. The molecular formula is C23H30FN5O2. The number of anilines is 1. The highest BCUT2D eigenvalue weighted by atomic mass is 19.1. The lowest BCUT2D eigenvalue weighted by Gasteiger charge is -2.24. The summed E-state index contributed by atoms with van der Waals surface area (Å²) in [4.78, 5) is 26.6. The van der Waals surface area contributed by atoms with E-state index in [-0.39, 0.29) is 17.8 Å². The molecular weight excluding hydrogens is 397 g/mol. The van der Waals surface area contributed by atoms with Crippen LogP contribution in [0.5, 0.6) is 0 Å². The third kappa shape index (κ3) is 5.80. The van der Waals surface area contributed by atoms with Gasteiger partial charge in [-0.3, -0.25) is 15.8 Å². The molecule has 3 rings (SSSR count). The Bertz CT molecular complexity index is 917. The Hall–Kier alpha value is -2.97. The average molecular weight is 428 g/mol. The van der Waals surface area contributed by atoms with Gasteiger partial charge in [-0.05, 0) is 54.7 Å². The van der Waals surface area contributed by atoms with Gasteiger partial charge in [0.25, 0.3) is 0 Å². The summed E-state index contributed by atoms with van der Waals surface area (Å²) in [5.74, 6) is 0.0283. The number of amides is 3. The van der Waals surface area contributed by atoms with E-state index in [9.17, 15) is 14.0 Å². The zero-order valence-electron chi connectivity index (χ0n) is 18.1. The largest absolute Gasteiger partial charge is 0.334 e. The molecule has 31 heavy (non-hydrogen) atoms. The first-order valence-electron chi connectivity index (χ1n) is 10.4. The van der Waals surface area contributed by atoms with Crippen molar-refractivity contribution in [3.63, 3.8) is 0 Å². The summed E-state index contributed by atoms with van der Waals surface area (Å²) in [6.07, 6.45) is 0.202. The molecule has 1 aliphatic heterocycles. The number of nitrogens with two attached hydrogens (primary N) is 1. The van der Waals surface area contributed by atoms with Gasteiger partial charge in [0.2, 0.25) is 5.91 Å². The van der Waals surface area contributed by atoms with Gasteiger partial charge in [0.05, 0.1) is 5.54 Å². The second-order valence-corrected chi connectivity index (χ2v) is 8.58. The normalized spacial score (nSPS) is 20.9. The third-order valence-electron chi connectivity index (χ3n) is 5.28. The minimum Gasteiger partial charge on any atom is -0.334 e. The lowest BCUT2D eigenvalue weighted by Crippen LogP contribution is -2.48. The Morgan fingerprint density at radius 1 is 1.16 bits per heavy atom. The van der Waals surface area contributed by atoms with Crippen LogP contribution in [0, 0.1) is 11.7 Å². The van der Waals surface area contributed by atoms with E-state index in [4.69, 9.17) is 5.73 Å². The minimum atomic E-state index is -0.644. The molecule has 0 saturated carbocycles. The van der Waals surface area contributed by atoms with Crippen LogP contribution in [0.4, 0.5) is 14.9 Å². The van der Waals surface area contributed by atoms with Crippen LogP contribution < -0.4 is 21.7 Å². The SMILES string of the molecule is CC(C)CC1(C)NC(N)N(Cc2ccc(CNC(=O)Nc3ccc(F)cc3)cc2)C1=O. The lowest BCUT2D eigenvalue weighted by atomic mass is 9.91. The molecule has 3 amide bonds. The van der Waals surface area contributed by atoms with Gasteiger partial charge in [-0.15, -0.1) is 0 Å². The number of rotatable bonds is 7. The molecule has 0 aromatic heterocycles. The van der Waals surface area contributed by atoms with Crippen molar-refractivity contribution in [1.82, 2.24) is 15.5 Å². The lowest BCUT2D eigenvalue weighted by molar-refractivity contribution is -0.133. The molecule has 2 aromatic carbocycles. The van der Waals surface area contributed by atoms with Crippen molar-refractivity contribution in [1.29, 1.82) is 0 Å². The van der Waals surface area contributed by atoms with Gasteiger partial charge in [0.15, 0.2) is 0 Å². The van der Waals surface area contributed by atoms with Crippen LogP contribution >= 0.6 is 0 Å². The van der Waals surface area contributed by atoms with Gasteiger partial charge < -0.3 is 15.5 Å². The minimum absolute atomic E-state index is 0.0110. The number of nitrogens with zero attached hydrogens (tertiary/aromatic N) is 1. The average Bonchev–Trinajstić information content (AvgIpc) is 2.91. The summed E-state index contributed by atoms with van der Waals surface area (Å²) < 4.78 is 12.9. The smallest absolute Gasteiger partial charge is 0.319 e. The number of nitrogens with one attached hydrogen (secondary N) is 3. The van der Waals surface area contributed by atoms with E-state index in [0.29, 0.717) is 24.7 Å². The molecule has 1 fully saturated rings. The number of hydrogen-bond donors (Lipinski definition) is 4. The molecule has 1 aliphatic rings. The maximum atomic E-state index is 12.9. The third-order valence-corrected chi connectivity index (χ3v) is 5.28. The molecule has 8 heteroatoms. The maximum absolute atomic E-state index is 12.9. The quantitative estimate of drug-likeness (QED) is 0.546. The number of halogens is 1. The summed E-state index contributed by atoms with van der Waals surface area (Å²) >= 11 is 0.